The Hall–Kier alpha value is -1.45. The molecule has 0 fully saturated rings. The Kier molecular flexibility index (Phi) is 2.80. The van der Waals surface area contributed by atoms with Gasteiger partial charge in [0.25, 0.3) is 0 Å². The summed E-state index contributed by atoms with van der Waals surface area (Å²) < 4.78 is 14.0. The van der Waals surface area contributed by atoms with Gasteiger partial charge in [-0.15, -0.1) is 11.3 Å². The summed E-state index contributed by atoms with van der Waals surface area (Å²) in [6.45, 7) is 1.96. The van der Waals surface area contributed by atoms with Crippen molar-refractivity contribution in [2.24, 2.45) is 0 Å². The highest BCUT2D eigenvalue weighted by molar-refractivity contribution is 7.18. The zero-order valence-corrected chi connectivity index (χ0v) is 11.1. The van der Waals surface area contributed by atoms with Crippen LogP contribution in [0.4, 0.5) is 4.39 Å². The third-order valence-corrected chi connectivity index (χ3v) is 4.08. The van der Waals surface area contributed by atoms with Gasteiger partial charge in [-0.2, -0.15) is 0 Å². The minimum atomic E-state index is -0.250. The van der Waals surface area contributed by atoms with Gasteiger partial charge >= 0.3 is 0 Å². The number of nitrogens with zero attached hydrogens (tertiary/aromatic N) is 1. The van der Waals surface area contributed by atoms with Gasteiger partial charge in [0, 0.05) is 5.56 Å². The number of thiazole rings is 1. The highest BCUT2D eigenvalue weighted by Crippen LogP contribution is 2.36. The average Bonchev–Trinajstić information content (AvgIpc) is 2.73. The topological polar surface area (TPSA) is 12.9 Å². The largest absolute Gasteiger partial charge is 0.240 e. The van der Waals surface area contributed by atoms with Crippen LogP contribution in [0.25, 0.3) is 21.3 Å². The monoisotopic (exact) mass is 277 g/mol. The van der Waals surface area contributed by atoms with Gasteiger partial charge in [-0.1, -0.05) is 29.8 Å². The van der Waals surface area contributed by atoms with Crippen LogP contribution in [0.15, 0.2) is 36.4 Å². The Balaban J connectivity index is 2.23. The zero-order chi connectivity index (χ0) is 12.7. The Morgan fingerprint density at radius 3 is 2.56 bits per heavy atom. The van der Waals surface area contributed by atoms with Crippen LogP contribution >= 0.6 is 22.9 Å². The minimum absolute atomic E-state index is 0.250. The molecule has 18 heavy (non-hydrogen) atoms. The standard InChI is InChI=1S/C14H9ClFNS/c1-8-17-14-12(18-8)7-6-11(13(14)15)9-2-4-10(16)5-3-9/h2-7H,1H3. The normalized spacial score (nSPS) is 11.1. The number of fused-ring (bicyclic) bond motifs is 1. The van der Waals surface area contributed by atoms with E-state index in [1.54, 1.807) is 23.5 Å². The van der Waals surface area contributed by atoms with Crippen LogP contribution in [0.1, 0.15) is 5.01 Å². The van der Waals surface area contributed by atoms with Crippen LogP contribution in [0, 0.1) is 12.7 Å². The third-order valence-electron chi connectivity index (χ3n) is 2.76. The number of benzene rings is 2. The first-order valence-electron chi connectivity index (χ1n) is 5.47. The number of rotatable bonds is 1. The van der Waals surface area contributed by atoms with Crippen molar-refractivity contribution in [3.8, 4) is 11.1 Å². The molecule has 0 unspecified atom stereocenters. The fraction of sp³-hybridized carbons (Fsp3) is 0.0714. The van der Waals surface area contributed by atoms with Crippen molar-refractivity contribution in [3.05, 3.63) is 52.2 Å². The van der Waals surface area contributed by atoms with Gasteiger partial charge < -0.3 is 0 Å². The molecular weight excluding hydrogens is 269 g/mol. The van der Waals surface area contributed by atoms with Crippen LogP contribution in [-0.2, 0) is 0 Å². The van der Waals surface area contributed by atoms with E-state index in [2.05, 4.69) is 4.98 Å². The van der Waals surface area contributed by atoms with Crippen molar-refractivity contribution < 1.29 is 4.39 Å². The van der Waals surface area contributed by atoms with Crippen molar-refractivity contribution in [2.75, 3.05) is 0 Å². The second-order valence-electron chi connectivity index (χ2n) is 4.01. The number of hydrogen-bond donors (Lipinski definition) is 0. The summed E-state index contributed by atoms with van der Waals surface area (Å²) in [4.78, 5) is 4.43. The lowest BCUT2D eigenvalue weighted by Crippen LogP contribution is -1.82. The first kappa shape index (κ1) is 11.6. The molecule has 1 aromatic heterocycles. The molecule has 4 heteroatoms. The molecule has 0 saturated carbocycles. The van der Waals surface area contributed by atoms with Gasteiger partial charge in [-0.25, -0.2) is 9.37 Å². The average molecular weight is 278 g/mol. The third kappa shape index (κ3) is 1.89. The molecule has 0 atom stereocenters. The van der Waals surface area contributed by atoms with E-state index in [1.165, 1.54) is 12.1 Å². The zero-order valence-electron chi connectivity index (χ0n) is 9.58. The Labute approximate surface area is 113 Å². The molecule has 3 aromatic rings. The van der Waals surface area contributed by atoms with E-state index >= 15 is 0 Å². The summed E-state index contributed by atoms with van der Waals surface area (Å²) in [7, 11) is 0. The molecule has 1 heterocycles. The molecule has 0 aliphatic heterocycles. The van der Waals surface area contributed by atoms with Crippen molar-refractivity contribution >= 4 is 33.2 Å². The molecule has 0 saturated heterocycles. The quantitative estimate of drug-likeness (QED) is 0.605. The van der Waals surface area contributed by atoms with Gasteiger partial charge in [-0.05, 0) is 30.7 Å². The van der Waals surface area contributed by atoms with E-state index in [1.807, 2.05) is 19.1 Å². The fourth-order valence-electron chi connectivity index (χ4n) is 1.93. The summed E-state index contributed by atoms with van der Waals surface area (Å²) in [6, 6.07) is 10.3. The number of hydrogen-bond acceptors (Lipinski definition) is 2. The molecule has 0 N–H and O–H groups in total. The van der Waals surface area contributed by atoms with Gasteiger partial charge in [0.05, 0.1) is 14.7 Å². The Morgan fingerprint density at radius 1 is 1.11 bits per heavy atom. The molecular formula is C14H9ClFNS. The van der Waals surface area contributed by atoms with Crippen molar-refractivity contribution in [3.63, 3.8) is 0 Å². The Bertz CT molecular complexity index is 718. The highest BCUT2D eigenvalue weighted by atomic mass is 35.5. The summed E-state index contributed by atoms with van der Waals surface area (Å²) in [6.07, 6.45) is 0. The molecule has 0 amide bonds. The van der Waals surface area contributed by atoms with Gasteiger partial charge in [-0.3, -0.25) is 0 Å². The SMILES string of the molecule is Cc1nc2c(Cl)c(-c3ccc(F)cc3)ccc2s1. The number of aromatic nitrogens is 1. The molecule has 3 rings (SSSR count). The van der Waals surface area contributed by atoms with Gasteiger partial charge in [0.2, 0.25) is 0 Å². The molecule has 0 radical (unpaired) electrons. The van der Waals surface area contributed by atoms with Crippen LogP contribution in [-0.4, -0.2) is 4.98 Å². The minimum Gasteiger partial charge on any atom is -0.240 e. The van der Waals surface area contributed by atoms with E-state index in [4.69, 9.17) is 11.6 Å². The maximum absolute atomic E-state index is 12.9. The predicted molar refractivity (Wildman–Crippen MR) is 74.8 cm³/mol. The maximum atomic E-state index is 12.9. The maximum Gasteiger partial charge on any atom is 0.123 e. The molecule has 1 nitrogen and oxygen atoms in total. The molecule has 0 aliphatic rings. The summed E-state index contributed by atoms with van der Waals surface area (Å²) in [5.74, 6) is -0.250. The molecule has 0 bridgehead atoms. The lowest BCUT2D eigenvalue weighted by molar-refractivity contribution is 0.628. The van der Waals surface area contributed by atoms with E-state index in [0.29, 0.717) is 5.02 Å². The summed E-state index contributed by atoms with van der Waals surface area (Å²) >= 11 is 8.00. The Morgan fingerprint density at radius 2 is 1.83 bits per heavy atom. The summed E-state index contributed by atoms with van der Waals surface area (Å²) in [5, 5.41) is 1.62. The van der Waals surface area contributed by atoms with Crippen LogP contribution in [0.5, 0.6) is 0 Å². The van der Waals surface area contributed by atoms with E-state index < -0.39 is 0 Å². The molecule has 90 valence electrons. The van der Waals surface area contributed by atoms with E-state index in [0.717, 1.165) is 26.4 Å². The number of aryl methyl sites for hydroxylation is 1. The fourth-order valence-corrected chi connectivity index (χ4v) is 3.13. The van der Waals surface area contributed by atoms with Gasteiger partial charge in [0.15, 0.2) is 0 Å². The number of halogens is 2. The van der Waals surface area contributed by atoms with Crippen molar-refractivity contribution in [1.82, 2.24) is 4.98 Å². The smallest absolute Gasteiger partial charge is 0.123 e. The van der Waals surface area contributed by atoms with E-state index in [9.17, 15) is 4.39 Å². The predicted octanol–water partition coefficient (Wildman–Crippen LogP) is 5.06. The second-order valence-corrected chi connectivity index (χ2v) is 5.63. The first-order chi connectivity index (χ1) is 8.65. The van der Waals surface area contributed by atoms with Crippen LogP contribution < -0.4 is 0 Å². The first-order valence-corrected chi connectivity index (χ1v) is 6.66. The van der Waals surface area contributed by atoms with Gasteiger partial charge in [0.1, 0.15) is 11.3 Å². The van der Waals surface area contributed by atoms with Crippen molar-refractivity contribution in [1.29, 1.82) is 0 Å². The molecule has 0 aliphatic carbocycles. The lowest BCUT2D eigenvalue weighted by atomic mass is 10.1. The van der Waals surface area contributed by atoms with Crippen molar-refractivity contribution in [2.45, 2.75) is 6.92 Å². The van der Waals surface area contributed by atoms with E-state index in [-0.39, 0.29) is 5.82 Å². The second kappa shape index (κ2) is 4.34. The highest BCUT2D eigenvalue weighted by Gasteiger charge is 2.11. The molecule has 2 aromatic carbocycles. The molecule has 0 spiro atoms. The summed E-state index contributed by atoms with van der Waals surface area (Å²) in [5.41, 5.74) is 2.60. The van der Waals surface area contributed by atoms with Crippen LogP contribution in [0.3, 0.4) is 0 Å². The van der Waals surface area contributed by atoms with Crippen LogP contribution in [0.2, 0.25) is 5.02 Å². The lowest BCUT2D eigenvalue weighted by Gasteiger charge is -2.04.